The van der Waals surface area contributed by atoms with Crippen LogP contribution in [0.3, 0.4) is 0 Å². The van der Waals surface area contributed by atoms with Gasteiger partial charge < -0.3 is 0 Å². The van der Waals surface area contributed by atoms with E-state index in [2.05, 4.69) is 243 Å². The number of hydrogen-bond acceptors (Lipinski definition) is 0. The van der Waals surface area contributed by atoms with Crippen molar-refractivity contribution in [3.05, 3.63) is 304 Å². The molecule has 0 saturated heterocycles. The average molecular weight is 913 g/mol. The maximum atomic E-state index is 2.65. The third kappa shape index (κ3) is 8.05. The van der Waals surface area contributed by atoms with Gasteiger partial charge in [0.1, 0.15) is 0 Å². The number of hydrogen-bond donors (Lipinski definition) is 0. The van der Waals surface area contributed by atoms with E-state index < -0.39 is 0 Å². The fourth-order valence-corrected chi connectivity index (χ4v) is 13.3. The van der Waals surface area contributed by atoms with Crippen LogP contribution < -0.4 is 0 Å². The van der Waals surface area contributed by atoms with E-state index in [1.165, 1.54) is 114 Å². The van der Waals surface area contributed by atoms with Gasteiger partial charge in [0.05, 0.1) is 0 Å². The van der Waals surface area contributed by atoms with Crippen molar-refractivity contribution in [2.24, 2.45) is 5.92 Å². The second-order valence-corrected chi connectivity index (χ2v) is 20.8. The zero-order valence-electron chi connectivity index (χ0n) is 40.6. The predicted octanol–water partition coefficient (Wildman–Crippen LogP) is 18.5. The summed E-state index contributed by atoms with van der Waals surface area (Å²) in [4.78, 5) is 0. The van der Waals surface area contributed by atoms with E-state index in [-0.39, 0.29) is 17.3 Å². The molecule has 13 rings (SSSR count). The molecule has 8 aromatic carbocycles. The van der Waals surface area contributed by atoms with Crippen molar-refractivity contribution in [3.8, 4) is 11.1 Å². The number of rotatable bonds is 10. The molecule has 344 valence electrons. The highest BCUT2D eigenvalue weighted by atomic mass is 14.5. The number of fused-ring (bicyclic) bond motifs is 6. The lowest BCUT2D eigenvalue weighted by molar-refractivity contribution is 0.544. The molecular formula is C71H60. The highest BCUT2D eigenvalue weighted by Gasteiger charge is 2.45. The van der Waals surface area contributed by atoms with E-state index >= 15 is 0 Å². The standard InChI is InChI=1S/C71H60/c1-3-15-49(16-4-1)51-27-35-56(36-28-51)69(58-39-33-54(34-40-58)61-22-13-21-60(47-61)50-17-5-2-6-18-50)57-37-29-52(30-38-57)53-31-41-59(42-32-53)70(66-25-14-20-55-19-7-8-23-63(55)66)62-43-44-65-64-24-9-10-26-67(64)71(68(65)48-62)45-11-12-46-71/h1-3,5-10,13-15,17-21,23-41,43-44,47-48,59,61,69-70H,4,11-12,16,22,42,45-46H2/t59?,61?,69-,70?/m1/s1. The van der Waals surface area contributed by atoms with Crippen LogP contribution in [0.1, 0.15) is 130 Å². The molecule has 1 spiro atoms. The molecule has 0 N–H and O–H groups in total. The van der Waals surface area contributed by atoms with Crippen molar-refractivity contribution in [1.82, 2.24) is 0 Å². The quantitative estimate of drug-likeness (QED) is 0.120. The monoisotopic (exact) mass is 912 g/mol. The fourth-order valence-electron chi connectivity index (χ4n) is 13.3. The fraction of sp³-hybridized carbons (Fsp3) is 0.183. The van der Waals surface area contributed by atoms with Crippen molar-refractivity contribution in [3.63, 3.8) is 0 Å². The number of allylic oxidation sites excluding steroid dienone is 12. The van der Waals surface area contributed by atoms with Gasteiger partial charge in [-0.3, -0.25) is 0 Å². The Kier molecular flexibility index (Phi) is 11.4. The molecule has 8 aromatic rings. The van der Waals surface area contributed by atoms with Crippen LogP contribution in [0.4, 0.5) is 0 Å². The van der Waals surface area contributed by atoms with Crippen LogP contribution in [0.5, 0.6) is 0 Å². The van der Waals surface area contributed by atoms with Crippen LogP contribution >= 0.6 is 0 Å². The van der Waals surface area contributed by atoms with Gasteiger partial charge >= 0.3 is 0 Å². The summed E-state index contributed by atoms with van der Waals surface area (Å²) in [7, 11) is 0. The Morgan fingerprint density at radius 3 is 1.94 bits per heavy atom. The Hall–Kier alpha value is -7.54. The molecule has 71 heavy (non-hydrogen) atoms. The molecule has 4 atom stereocenters. The van der Waals surface area contributed by atoms with Crippen molar-refractivity contribution in [2.75, 3.05) is 0 Å². The molecule has 0 amide bonds. The zero-order valence-corrected chi connectivity index (χ0v) is 40.6. The van der Waals surface area contributed by atoms with Crippen molar-refractivity contribution in [2.45, 2.75) is 74.5 Å². The Morgan fingerprint density at radius 1 is 0.507 bits per heavy atom. The molecule has 0 aromatic heterocycles. The van der Waals surface area contributed by atoms with Crippen LogP contribution in [0.2, 0.25) is 0 Å². The summed E-state index contributed by atoms with van der Waals surface area (Å²) in [5.41, 5.74) is 22.3. The molecule has 1 saturated carbocycles. The van der Waals surface area contributed by atoms with Gasteiger partial charge in [-0.2, -0.15) is 0 Å². The Morgan fingerprint density at radius 2 is 1.18 bits per heavy atom. The van der Waals surface area contributed by atoms with Crippen LogP contribution in [0.25, 0.3) is 38.6 Å². The summed E-state index contributed by atoms with van der Waals surface area (Å²) in [5.74, 6) is 1.02. The molecule has 0 nitrogen and oxygen atoms in total. The first-order valence-electron chi connectivity index (χ1n) is 26.4. The molecule has 0 aliphatic heterocycles. The molecule has 0 heteroatoms. The first kappa shape index (κ1) is 43.5. The summed E-state index contributed by atoms with van der Waals surface area (Å²) in [6, 6.07) is 72.0. The van der Waals surface area contributed by atoms with Gasteiger partial charge in [-0.15, -0.1) is 0 Å². The van der Waals surface area contributed by atoms with E-state index in [4.69, 9.17) is 0 Å². The molecule has 1 fully saturated rings. The van der Waals surface area contributed by atoms with E-state index in [9.17, 15) is 0 Å². The minimum atomic E-state index is 0.110. The van der Waals surface area contributed by atoms with E-state index in [1.807, 2.05) is 0 Å². The summed E-state index contributed by atoms with van der Waals surface area (Å²) >= 11 is 0. The van der Waals surface area contributed by atoms with Gasteiger partial charge in [-0.1, -0.05) is 256 Å². The van der Waals surface area contributed by atoms with Crippen LogP contribution in [0.15, 0.2) is 243 Å². The van der Waals surface area contributed by atoms with Crippen LogP contribution in [-0.2, 0) is 5.41 Å². The minimum absolute atomic E-state index is 0.110. The van der Waals surface area contributed by atoms with Crippen molar-refractivity contribution < 1.29 is 0 Å². The zero-order chi connectivity index (χ0) is 47.1. The third-order valence-corrected chi connectivity index (χ3v) is 16.9. The van der Waals surface area contributed by atoms with E-state index in [0.717, 1.165) is 25.7 Å². The van der Waals surface area contributed by atoms with Gasteiger partial charge in [0.15, 0.2) is 0 Å². The Labute approximate surface area is 420 Å². The molecule has 0 heterocycles. The van der Waals surface area contributed by atoms with Crippen molar-refractivity contribution >= 4 is 27.5 Å². The molecule has 3 unspecified atom stereocenters. The molecular weight excluding hydrogens is 853 g/mol. The Balaban J connectivity index is 0.812. The highest BCUT2D eigenvalue weighted by molar-refractivity contribution is 5.88. The van der Waals surface area contributed by atoms with Crippen LogP contribution in [0, 0.1) is 5.92 Å². The molecule has 5 aliphatic rings. The molecule has 0 bridgehead atoms. The third-order valence-electron chi connectivity index (χ3n) is 16.9. The molecule has 5 aliphatic carbocycles. The van der Waals surface area contributed by atoms with E-state index in [1.54, 1.807) is 11.1 Å². The van der Waals surface area contributed by atoms with Gasteiger partial charge in [-0.25, -0.2) is 0 Å². The smallest absolute Gasteiger partial charge is 0.0340 e. The maximum Gasteiger partial charge on any atom is 0.0340 e. The average Bonchev–Trinajstić information content (AvgIpc) is 4.06. The SMILES string of the molecule is C1=CCCC(c2ccc([C@H](c3ccc(C4=CCC(C(c5ccc6c(c5)C5(CCCC5)c5ccccc5-6)c5cccc6ccccc56)C=C4)cc3)c3ccc(C4C=C(c5ccccc5)C=CC4)cc3)cc2)=C1. The first-order chi connectivity index (χ1) is 35.2. The molecule has 0 radical (unpaired) electrons. The van der Waals surface area contributed by atoms with E-state index in [0.29, 0.717) is 11.8 Å². The Bertz CT molecular complexity index is 3450. The lowest BCUT2D eigenvalue weighted by Gasteiger charge is -2.31. The van der Waals surface area contributed by atoms with Gasteiger partial charge in [0, 0.05) is 23.2 Å². The van der Waals surface area contributed by atoms with Gasteiger partial charge in [-0.05, 0) is 144 Å². The highest BCUT2D eigenvalue weighted by Crippen LogP contribution is 2.58. The van der Waals surface area contributed by atoms with Gasteiger partial charge in [0.2, 0.25) is 0 Å². The second kappa shape index (κ2) is 18.7. The largest absolute Gasteiger partial charge is 0.0842 e. The maximum absolute atomic E-state index is 2.65. The normalized spacial score (nSPS) is 19.5. The lowest BCUT2D eigenvalue weighted by atomic mass is 9.72. The van der Waals surface area contributed by atoms with Gasteiger partial charge in [0.25, 0.3) is 0 Å². The summed E-state index contributed by atoms with van der Waals surface area (Å²) < 4.78 is 0. The van der Waals surface area contributed by atoms with Crippen LogP contribution in [-0.4, -0.2) is 0 Å². The summed E-state index contributed by atoms with van der Waals surface area (Å²) in [6.45, 7) is 0. The number of benzene rings is 8. The topological polar surface area (TPSA) is 0 Å². The second-order valence-electron chi connectivity index (χ2n) is 20.8. The predicted molar refractivity (Wildman–Crippen MR) is 300 cm³/mol. The first-order valence-corrected chi connectivity index (χ1v) is 26.4. The summed E-state index contributed by atoms with van der Waals surface area (Å²) in [5, 5.41) is 2.67. The lowest BCUT2D eigenvalue weighted by Crippen LogP contribution is -2.21. The minimum Gasteiger partial charge on any atom is -0.0842 e. The van der Waals surface area contributed by atoms with Crippen molar-refractivity contribution in [1.29, 1.82) is 0 Å². The summed E-state index contributed by atoms with van der Waals surface area (Å²) in [6.07, 6.45) is 30.6.